The highest BCUT2D eigenvalue weighted by molar-refractivity contribution is 8.00. The van der Waals surface area contributed by atoms with Crippen LogP contribution in [-0.2, 0) is 11.2 Å². The zero-order valence-corrected chi connectivity index (χ0v) is 18.0. The number of carbonyl (C=O) groups is 2. The first kappa shape index (κ1) is 21.1. The lowest BCUT2D eigenvalue weighted by Gasteiger charge is -2.26. The van der Waals surface area contributed by atoms with Crippen molar-refractivity contribution in [1.82, 2.24) is 0 Å². The predicted octanol–water partition coefficient (Wildman–Crippen LogP) is 5.81. The average molecular weight is 435 g/mol. The van der Waals surface area contributed by atoms with Crippen LogP contribution in [-0.4, -0.2) is 17.6 Å². The third-order valence-corrected chi connectivity index (χ3v) is 6.42. The lowest BCUT2D eigenvalue weighted by atomic mass is 10.1. The largest absolute Gasteiger partial charge is 0.322 e. The van der Waals surface area contributed by atoms with Crippen molar-refractivity contribution in [3.05, 3.63) is 95.3 Å². The molecular weight excluding hydrogens is 411 g/mol. The molecule has 31 heavy (non-hydrogen) atoms. The van der Waals surface area contributed by atoms with Crippen LogP contribution in [0.15, 0.2) is 72.8 Å². The maximum atomic E-state index is 13.8. The molecule has 4 rings (SSSR count). The second-order valence-corrected chi connectivity index (χ2v) is 8.43. The lowest BCUT2D eigenvalue weighted by molar-refractivity contribution is -0.115. The van der Waals surface area contributed by atoms with E-state index < -0.39 is 11.7 Å². The molecule has 6 heteroatoms. The van der Waals surface area contributed by atoms with E-state index in [2.05, 4.69) is 18.3 Å². The highest BCUT2D eigenvalue weighted by Gasteiger charge is 2.35. The van der Waals surface area contributed by atoms with Crippen LogP contribution in [0.25, 0.3) is 0 Å². The molecule has 0 aromatic heterocycles. The first-order valence-electron chi connectivity index (χ1n) is 10.3. The van der Waals surface area contributed by atoms with E-state index in [1.54, 1.807) is 36.0 Å². The van der Waals surface area contributed by atoms with Gasteiger partial charge in [0.1, 0.15) is 11.2 Å². The Balaban J connectivity index is 1.55. The zero-order valence-electron chi connectivity index (χ0n) is 17.2. The number of rotatable bonds is 6. The first-order chi connectivity index (χ1) is 15.1. The number of nitrogens with one attached hydrogen (secondary N) is 1. The Morgan fingerprint density at radius 3 is 2.52 bits per heavy atom. The van der Waals surface area contributed by atoms with Crippen LogP contribution in [0.4, 0.5) is 15.8 Å². The minimum atomic E-state index is -0.557. The van der Waals surface area contributed by atoms with Gasteiger partial charge in [0.15, 0.2) is 0 Å². The third kappa shape index (κ3) is 4.49. The van der Waals surface area contributed by atoms with E-state index in [-0.39, 0.29) is 16.8 Å². The fourth-order valence-corrected chi connectivity index (χ4v) is 4.90. The van der Waals surface area contributed by atoms with Crippen molar-refractivity contribution < 1.29 is 14.0 Å². The van der Waals surface area contributed by atoms with Crippen LogP contribution in [0.1, 0.15) is 40.2 Å². The van der Waals surface area contributed by atoms with Crippen LogP contribution in [0.5, 0.6) is 0 Å². The number of anilines is 2. The SMILES string of the molecule is CCCc1ccccc1N1C(=O)CS[C@H]1c1ccc(NC(=O)c2ccccc2F)cc1. The van der Waals surface area contributed by atoms with Crippen molar-refractivity contribution in [2.24, 2.45) is 0 Å². The molecule has 4 nitrogen and oxygen atoms in total. The smallest absolute Gasteiger partial charge is 0.258 e. The Morgan fingerprint density at radius 2 is 1.77 bits per heavy atom. The van der Waals surface area contributed by atoms with Gasteiger partial charge < -0.3 is 5.32 Å². The maximum Gasteiger partial charge on any atom is 0.258 e. The van der Waals surface area contributed by atoms with E-state index in [0.29, 0.717) is 11.4 Å². The second kappa shape index (κ2) is 9.35. The van der Waals surface area contributed by atoms with Gasteiger partial charge in [0, 0.05) is 11.4 Å². The molecule has 0 radical (unpaired) electrons. The predicted molar refractivity (Wildman–Crippen MR) is 124 cm³/mol. The summed E-state index contributed by atoms with van der Waals surface area (Å²) < 4.78 is 13.8. The zero-order chi connectivity index (χ0) is 21.8. The van der Waals surface area contributed by atoms with Crippen molar-refractivity contribution in [3.63, 3.8) is 0 Å². The molecule has 1 aliphatic rings. The minimum Gasteiger partial charge on any atom is -0.322 e. The van der Waals surface area contributed by atoms with Gasteiger partial charge in [0.25, 0.3) is 5.91 Å². The van der Waals surface area contributed by atoms with E-state index in [1.807, 2.05) is 35.2 Å². The van der Waals surface area contributed by atoms with Gasteiger partial charge in [-0.15, -0.1) is 11.8 Å². The molecule has 1 fully saturated rings. The number of aryl methyl sites for hydroxylation is 1. The summed E-state index contributed by atoms with van der Waals surface area (Å²) in [5, 5.41) is 2.60. The normalized spacial score (nSPS) is 15.9. The number of amides is 2. The van der Waals surface area contributed by atoms with Crippen molar-refractivity contribution in [2.75, 3.05) is 16.0 Å². The molecule has 0 spiro atoms. The summed E-state index contributed by atoms with van der Waals surface area (Å²) in [5.41, 5.74) is 3.68. The van der Waals surface area contributed by atoms with Gasteiger partial charge in [-0.2, -0.15) is 0 Å². The van der Waals surface area contributed by atoms with Gasteiger partial charge in [-0.05, 0) is 47.9 Å². The number of hydrogen-bond donors (Lipinski definition) is 1. The number of hydrogen-bond acceptors (Lipinski definition) is 3. The molecule has 1 atom stereocenters. The van der Waals surface area contributed by atoms with Gasteiger partial charge in [-0.3, -0.25) is 14.5 Å². The lowest BCUT2D eigenvalue weighted by Crippen LogP contribution is -2.28. The fraction of sp³-hybridized carbons (Fsp3) is 0.200. The van der Waals surface area contributed by atoms with Crippen molar-refractivity contribution in [3.8, 4) is 0 Å². The Bertz CT molecular complexity index is 1100. The van der Waals surface area contributed by atoms with E-state index in [9.17, 15) is 14.0 Å². The van der Waals surface area contributed by atoms with Crippen molar-refractivity contribution in [2.45, 2.75) is 25.1 Å². The summed E-state index contributed by atoms with van der Waals surface area (Å²) >= 11 is 1.59. The maximum absolute atomic E-state index is 13.8. The highest BCUT2D eigenvalue weighted by atomic mass is 32.2. The molecule has 2 amide bonds. The van der Waals surface area contributed by atoms with E-state index in [0.717, 1.165) is 24.1 Å². The number of carbonyl (C=O) groups excluding carboxylic acids is 2. The van der Waals surface area contributed by atoms with Crippen LogP contribution in [0, 0.1) is 5.82 Å². The van der Waals surface area contributed by atoms with Gasteiger partial charge >= 0.3 is 0 Å². The molecule has 1 N–H and O–H groups in total. The molecule has 1 saturated heterocycles. The first-order valence-corrected chi connectivity index (χ1v) is 11.3. The van der Waals surface area contributed by atoms with E-state index in [1.165, 1.54) is 17.7 Å². The molecule has 0 bridgehead atoms. The molecule has 3 aromatic carbocycles. The van der Waals surface area contributed by atoms with Crippen LogP contribution in [0.3, 0.4) is 0 Å². The quantitative estimate of drug-likeness (QED) is 0.533. The molecule has 158 valence electrons. The molecule has 3 aromatic rings. The monoisotopic (exact) mass is 434 g/mol. The topological polar surface area (TPSA) is 49.4 Å². The van der Waals surface area contributed by atoms with Gasteiger partial charge in [0.2, 0.25) is 5.91 Å². The van der Waals surface area contributed by atoms with Crippen molar-refractivity contribution >= 4 is 35.0 Å². The fourth-order valence-electron chi connectivity index (χ4n) is 3.73. The molecule has 0 saturated carbocycles. The van der Waals surface area contributed by atoms with E-state index in [4.69, 9.17) is 0 Å². The molecule has 0 unspecified atom stereocenters. The Labute approximate surface area is 185 Å². The van der Waals surface area contributed by atoms with E-state index >= 15 is 0 Å². The summed E-state index contributed by atoms with van der Waals surface area (Å²) in [6, 6.07) is 21.3. The summed E-state index contributed by atoms with van der Waals surface area (Å²) in [6.45, 7) is 2.13. The van der Waals surface area contributed by atoms with Gasteiger partial charge in [0.05, 0.1) is 11.3 Å². The van der Waals surface area contributed by atoms with Crippen LogP contribution >= 0.6 is 11.8 Å². The molecule has 1 heterocycles. The van der Waals surface area contributed by atoms with Crippen molar-refractivity contribution in [1.29, 1.82) is 0 Å². The Kier molecular flexibility index (Phi) is 6.37. The Morgan fingerprint density at radius 1 is 1.06 bits per heavy atom. The average Bonchev–Trinajstić information content (AvgIpc) is 3.16. The van der Waals surface area contributed by atoms with Gasteiger partial charge in [-0.1, -0.05) is 55.8 Å². The Hall–Kier alpha value is -3.12. The van der Waals surface area contributed by atoms with Crippen LogP contribution in [0.2, 0.25) is 0 Å². The third-order valence-electron chi connectivity index (χ3n) is 5.21. The number of para-hydroxylation sites is 1. The van der Waals surface area contributed by atoms with Crippen LogP contribution < -0.4 is 10.2 Å². The molecule has 0 aliphatic carbocycles. The summed E-state index contributed by atoms with van der Waals surface area (Å²) in [4.78, 5) is 27.0. The highest BCUT2D eigenvalue weighted by Crippen LogP contribution is 2.43. The molecule has 1 aliphatic heterocycles. The summed E-state index contributed by atoms with van der Waals surface area (Å²) in [7, 11) is 0. The van der Waals surface area contributed by atoms with Gasteiger partial charge in [-0.25, -0.2) is 4.39 Å². The standard InChI is InChI=1S/C25H23FN2O2S/c1-2-7-17-8-3-6-11-22(17)28-23(29)16-31-25(28)18-12-14-19(15-13-18)27-24(30)20-9-4-5-10-21(20)26/h3-6,8-15,25H,2,7,16H2,1H3,(H,27,30)/t25-/m0/s1. The summed E-state index contributed by atoms with van der Waals surface area (Å²) in [5.74, 6) is -0.530. The summed E-state index contributed by atoms with van der Waals surface area (Å²) in [6.07, 6.45) is 1.92. The number of benzene rings is 3. The number of nitrogens with zero attached hydrogens (tertiary/aromatic N) is 1. The second-order valence-electron chi connectivity index (χ2n) is 7.36. The number of halogens is 1. The minimum absolute atomic E-state index is 0.00206. The molecular formula is C25H23FN2O2S. The number of thioether (sulfide) groups is 1.